The third kappa shape index (κ3) is 2.97. The van der Waals surface area contributed by atoms with Crippen molar-refractivity contribution in [3.05, 3.63) is 29.7 Å². The number of rotatable bonds is 3. The summed E-state index contributed by atoms with van der Waals surface area (Å²) in [5.74, 6) is -0.481. The molecule has 2 aromatic rings. The summed E-state index contributed by atoms with van der Waals surface area (Å²) in [6.07, 6.45) is -3.57. The number of Topliss-reactive ketones (excluding diaryl/α,β-unsaturated/α-hetero) is 1. The predicted molar refractivity (Wildman–Crippen MR) is 71.2 cm³/mol. The summed E-state index contributed by atoms with van der Waals surface area (Å²) < 4.78 is 42.4. The number of anilines is 1. The first kappa shape index (κ1) is 15.7. The lowest BCUT2D eigenvalue weighted by molar-refractivity contribution is -0.141. The van der Waals surface area contributed by atoms with Gasteiger partial charge in [-0.25, -0.2) is 9.97 Å². The molecule has 2 rings (SSSR count). The molecule has 0 atom stereocenters. The Kier molecular flexibility index (Phi) is 3.98. The highest BCUT2D eigenvalue weighted by Crippen LogP contribution is 2.30. The first-order valence-corrected chi connectivity index (χ1v) is 6.00. The van der Waals surface area contributed by atoms with Crippen LogP contribution in [-0.4, -0.2) is 27.8 Å². The highest BCUT2D eigenvalue weighted by atomic mass is 19.4. The maximum Gasteiger partial charge on any atom is 0.433 e. The van der Waals surface area contributed by atoms with Crippen molar-refractivity contribution in [2.75, 3.05) is 12.8 Å². The zero-order valence-electron chi connectivity index (χ0n) is 11.6. The molecular weight excluding hydrogens is 301 g/mol. The number of pyridine rings is 1. The van der Waals surface area contributed by atoms with E-state index >= 15 is 0 Å². The Morgan fingerprint density at radius 1 is 1.27 bits per heavy atom. The molecule has 2 aromatic heterocycles. The third-order valence-corrected chi connectivity index (χ3v) is 2.74. The number of nitrogens with two attached hydrogens (primary N) is 1. The molecule has 0 radical (unpaired) electrons. The molecule has 0 saturated heterocycles. The van der Waals surface area contributed by atoms with E-state index in [1.807, 2.05) is 0 Å². The lowest BCUT2D eigenvalue weighted by Crippen LogP contribution is -2.09. The van der Waals surface area contributed by atoms with E-state index in [9.17, 15) is 18.0 Å². The summed E-state index contributed by atoms with van der Waals surface area (Å²) in [7, 11) is 1.31. The van der Waals surface area contributed by atoms with Gasteiger partial charge < -0.3 is 10.5 Å². The highest BCUT2D eigenvalue weighted by Gasteiger charge is 2.32. The topological polar surface area (TPSA) is 91.0 Å². The molecule has 0 unspecified atom stereocenters. The van der Waals surface area contributed by atoms with Crippen LogP contribution >= 0.6 is 0 Å². The minimum Gasteiger partial charge on any atom is -0.491 e. The van der Waals surface area contributed by atoms with Crippen molar-refractivity contribution < 1.29 is 22.7 Å². The van der Waals surface area contributed by atoms with E-state index in [1.54, 1.807) is 0 Å². The number of alkyl halides is 3. The number of aromatic nitrogens is 3. The normalized spacial score (nSPS) is 11.3. The fourth-order valence-corrected chi connectivity index (χ4v) is 1.73. The number of nitrogens with zero attached hydrogens (tertiary/aromatic N) is 3. The van der Waals surface area contributed by atoms with Gasteiger partial charge in [-0.2, -0.15) is 13.2 Å². The van der Waals surface area contributed by atoms with Crippen molar-refractivity contribution in [1.82, 2.24) is 15.0 Å². The molecule has 0 aliphatic heterocycles. The Morgan fingerprint density at radius 2 is 1.95 bits per heavy atom. The Morgan fingerprint density at radius 3 is 2.41 bits per heavy atom. The number of hydrogen-bond acceptors (Lipinski definition) is 6. The van der Waals surface area contributed by atoms with Crippen LogP contribution in [0.25, 0.3) is 11.4 Å². The Labute approximate surface area is 123 Å². The van der Waals surface area contributed by atoms with Crippen molar-refractivity contribution in [3.8, 4) is 17.1 Å². The minimum absolute atomic E-state index is 0.00951. The molecule has 0 bridgehead atoms. The van der Waals surface area contributed by atoms with E-state index in [4.69, 9.17) is 10.5 Å². The maximum atomic E-state index is 12.5. The van der Waals surface area contributed by atoms with Crippen molar-refractivity contribution >= 4 is 11.6 Å². The summed E-state index contributed by atoms with van der Waals surface area (Å²) in [6.45, 7) is 1.26. The molecule has 0 saturated carbocycles. The van der Waals surface area contributed by atoms with Crippen LogP contribution in [0.2, 0.25) is 0 Å². The highest BCUT2D eigenvalue weighted by molar-refractivity contribution is 5.96. The number of nitrogen functional groups attached to an aromatic ring is 1. The fourth-order valence-electron chi connectivity index (χ4n) is 1.73. The number of ketones is 1. The van der Waals surface area contributed by atoms with Crippen LogP contribution in [0.1, 0.15) is 23.1 Å². The van der Waals surface area contributed by atoms with Gasteiger partial charge in [0.1, 0.15) is 5.69 Å². The van der Waals surface area contributed by atoms with Gasteiger partial charge in [0.2, 0.25) is 0 Å². The fraction of sp³-hybridized carbons (Fsp3) is 0.231. The summed E-state index contributed by atoms with van der Waals surface area (Å²) in [5.41, 5.74) is 4.79. The standard InChI is InChI=1S/C13H11F3N4O2/c1-6(21)9-10(22-2)11(17)20-12(19-9)7-3-4-8(18-5-7)13(14,15)16/h3-5H,1-2H3,(H2,17,19,20). The monoisotopic (exact) mass is 312 g/mol. The molecule has 0 spiro atoms. The molecule has 0 amide bonds. The van der Waals surface area contributed by atoms with Crippen LogP contribution in [0.15, 0.2) is 18.3 Å². The van der Waals surface area contributed by atoms with E-state index in [2.05, 4.69) is 15.0 Å². The second-order valence-electron chi connectivity index (χ2n) is 4.30. The summed E-state index contributed by atoms with van der Waals surface area (Å²) >= 11 is 0. The number of ether oxygens (including phenoxy) is 1. The second kappa shape index (κ2) is 5.58. The molecule has 0 fully saturated rings. The van der Waals surface area contributed by atoms with Gasteiger partial charge in [-0.3, -0.25) is 9.78 Å². The van der Waals surface area contributed by atoms with Crippen molar-refractivity contribution in [1.29, 1.82) is 0 Å². The summed E-state index contributed by atoms with van der Waals surface area (Å²) in [6, 6.07) is 1.95. The molecule has 9 heteroatoms. The maximum absolute atomic E-state index is 12.5. The number of methoxy groups -OCH3 is 1. The molecular formula is C13H11F3N4O2. The first-order valence-electron chi connectivity index (χ1n) is 6.00. The van der Waals surface area contributed by atoms with Crippen LogP contribution < -0.4 is 10.5 Å². The van der Waals surface area contributed by atoms with Crippen molar-refractivity contribution in [3.63, 3.8) is 0 Å². The van der Waals surface area contributed by atoms with Gasteiger partial charge in [0.25, 0.3) is 0 Å². The molecule has 116 valence electrons. The predicted octanol–water partition coefficient (Wildman–Crippen LogP) is 2.35. The lowest BCUT2D eigenvalue weighted by Gasteiger charge is -2.10. The van der Waals surface area contributed by atoms with E-state index in [1.165, 1.54) is 14.0 Å². The minimum atomic E-state index is -4.54. The third-order valence-electron chi connectivity index (χ3n) is 2.74. The van der Waals surface area contributed by atoms with Crippen LogP contribution in [0.5, 0.6) is 5.75 Å². The van der Waals surface area contributed by atoms with Crippen molar-refractivity contribution in [2.45, 2.75) is 13.1 Å². The van der Waals surface area contributed by atoms with Gasteiger partial charge in [0.05, 0.1) is 7.11 Å². The first-order chi connectivity index (χ1) is 10.2. The zero-order valence-corrected chi connectivity index (χ0v) is 11.6. The SMILES string of the molecule is COc1c(N)nc(-c2ccc(C(F)(F)F)nc2)nc1C(C)=O. The van der Waals surface area contributed by atoms with E-state index < -0.39 is 17.7 Å². The Hall–Kier alpha value is -2.71. The van der Waals surface area contributed by atoms with E-state index in [0.717, 1.165) is 18.3 Å². The largest absolute Gasteiger partial charge is 0.491 e. The van der Waals surface area contributed by atoms with Gasteiger partial charge in [-0.05, 0) is 12.1 Å². The number of hydrogen-bond donors (Lipinski definition) is 1. The second-order valence-corrected chi connectivity index (χ2v) is 4.30. The molecule has 6 nitrogen and oxygen atoms in total. The van der Waals surface area contributed by atoms with Crippen LogP contribution in [-0.2, 0) is 6.18 Å². The Bertz CT molecular complexity index is 714. The molecule has 2 heterocycles. The van der Waals surface area contributed by atoms with Gasteiger partial charge in [0.15, 0.2) is 28.9 Å². The average molecular weight is 312 g/mol. The Balaban J connectivity index is 2.51. The summed E-state index contributed by atoms with van der Waals surface area (Å²) in [5, 5.41) is 0. The number of carbonyl (C=O) groups excluding carboxylic acids is 1. The van der Waals surface area contributed by atoms with Crippen LogP contribution in [0.4, 0.5) is 19.0 Å². The van der Waals surface area contributed by atoms with Gasteiger partial charge in [0, 0.05) is 18.7 Å². The number of halogens is 3. The smallest absolute Gasteiger partial charge is 0.433 e. The number of carbonyl (C=O) groups is 1. The quantitative estimate of drug-likeness (QED) is 0.875. The summed E-state index contributed by atoms with van der Waals surface area (Å²) in [4.78, 5) is 22.8. The van der Waals surface area contributed by atoms with Crippen LogP contribution in [0, 0.1) is 0 Å². The molecule has 0 aliphatic carbocycles. The van der Waals surface area contributed by atoms with Crippen molar-refractivity contribution in [2.24, 2.45) is 0 Å². The van der Waals surface area contributed by atoms with Crippen LogP contribution in [0.3, 0.4) is 0 Å². The average Bonchev–Trinajstić information content (AvgIpc) is 2.45. The molecule has 0 aliphatic rings. The van der Waals surface area contributed by atoms with E-state index in [-0.39, 0.29) is 28.6 Å². The van der Waals surface area contributed by atoms with Gasteiger partial charge in [-0.1, -0.05) is 0 Å². The molecule has 22 heavy (non-hydrogen) atoms. The van der Waals surface area contributed by atoms with E-state index in [0.29, 0.717) is 0 Å². The lowest BCUT2D eigenvalue weighted by atomic mass is 10.2. The molecule has 0 aromatic carbocycles. The zero-order chi connectivity index (χ0) is 16.5. The molecule has 2 N–H and O–H groups in total. The van der Waals surface area contributed by atoms with Gasteiger partial charge >= 0.3 is 6.18 Å². The van der Waals surface area contributed by atoms with Gasteiger partial charge in [-0.15, -0.1) is 0 Å².